The highest BCUT2D eigenvalue weighted by molar-refractivity contribution is 7.47. The molecule has 0 bridgehead atoms. The number of aliphatic hydroxyl groups excluding tert-OH is 2. The van der Waals surface area contributed by atoms with Crippen molar-refractivity contribution < 1.29 is 52.5 Å². The molecule has 0 aromatic rings. The molecule has 1 aliphatic rings. The van der Waals surface area contributed by atoms with Crippen LogP contribution in [0.3, 0.4) is 0 Å². The van der Waals surface area contributed by atoms with E-state index in [0.717, 1.165) is 77.0 Å². The lowest BCUT2D eigenvalue weighted by Crippen LogP contribution is -2.29. The van der Waals surface area contributed by atoms with Gasteiger partial charge in [0.25, 0.3) is 0 Å². The van der Waals surface area contributed by atoms with Gasteiger partial charge in [0.05, 0.1) is 32.0 Å². The van der Waals surface area contributed by atoms with Crippen LogP contribution in [0, 0.1) is 0 Å². The van der Waals surface area contributed by atoms with Crippen LogP contribution in [0.2, 0.25) is 0 Å². The second-order valence-corrected chi connectivity index (χ2v) is 16.6. The Balaban J connectivity index is 2.27. The molecule has 11 nitrogen and oxygen atoms in total. The van der Waals surface area contributed by atoms with Crippen LogP contribution < -0.4 is 0 Å². The number of carbonyl (C=O) groups excluding carboxylic acids is 2. The number of hydrogen-bond acceptors (Lipinski definition) is 10. The molecule has 1 heterocycles. The fourth-order valence-electron chi connectivity index (χ4n) is 5.98. The van der Waals surface area contributed by atoms with Gasteiger partial charge in [-0.3, -0.25) is 18.6 Å². The molecular weight excluding hydrogens is 759 g/mol. The van der Waals surface area contributed by atoms with Gasteiger partial charge in [-0.05, 0) is 83.5 Å². The van der Waals surface area contributed by atoms with Crippen molar-refractivity contribution in [2.45, 2.75) is 192 Å². The van der Waals surface area contributed by atoms with Crippen LogP contribution >= 0.6 is 7.82 Å². The number of epoxide rings is 1. The Morgan fingerprint density at radius 3 is 1.74 bits per heavy atom. The van der Waals surface area contributed by atoms with E-state index in [1.165, 1.54) is 51.4 Å². The molecule has 334 valence electrons. The number of allylic oxidation sites excluding steroid dienone is 9. The lowest BCUT2D eigenvalue weighted by atomic mass is 10.1. The zero-order valence-electron chi connectivity index (χ0n) is 35.9. The van der Waals surface area contributed by atoms with Crippen molar-refractivity contribution >= 4 is 19.8 Å². The first kappa shape index (κ1) is 53.6. The van der Waals surface area contributed by atoms with Crippen molar-refractivity contribution in [1.82, 2.24) is 0 Å². The summed E-state index contributed by atoms with van der Waals surface area (Å²) in [4.78, 5) is 35.0. The average Bonchev–Trinajstić information content (AvgIpc) is 3.97. The highest BCUT2D eigenvalue weighted by atomic mass is 31.2. The van der Waals surface area contributed by atoms with Gasteiger partial charge in [0, 0.05) is 12.8 Å². The quantitative estimate of drug-likeness (QED) is 0.0177. The number of hydrogen-bond donors (Lipinski definition) is 3. The molecule has 1 fully saturated rings. The van der Waals surface area contributed by atoms with E-state index in [9.17, 15) is 24.2 Å². The van der Waals surface area contributed by atoms with E-state index in [-0.39, 0.29) is 19.4 Å². The van der Waals surface area contributed by atoms with Crippen LogP contribution in [0.1, 0.15) is 168 Å². The molecule has 12 heteroatoms. The highest BCUT2D eigenvalue weighted by Crippen LogP contribution is 2.43. The average molecular weight is 839 g/mol. The first-order valence-electron chi connectivity index (χ1n) is 22.4. The Labute approximate surface area is 351 Å². The van der Waals surface area contributed by atoms with Gasteiger partial charge in [-0.1, -0.05) is 132 Å². The van der Waals surface area contributed by atoms with E-state index in [2.05, 4.69) is 79.1 Å². The number of ether oxygens (including phenoxy) is 3. The maximum Gasteiger partial charge on any atom is 0.472 e. The number of rotatable bonds is 40. The number of esters is 2. The van der Waals surface area contributed by atoms with Gasteiger partial charge in [0.1, 0.15) is 12.7 Å². The van der Waals surface area contributed by atoms with Crippen molar-refractivity contribution in [2.75, 3.05) is 26.4 Å². The minimum Gasteiger partial charge on any atom is -0.462 e. The standard InChI is InChI=1S/C46H79O11P/c1-3-5-7-8-9-10-11-12-13-14-15-16-17-18-19-20-24-27-31-35-45(49)53-39-42(40-55-58(51,52)54-38-41(48)37-47)56-46(50)36-32-28-25-22-21-23-26-30-34-44-43(57-44)33-29-6-4-2/h9-10,12-13,15-16,18-19,26,30,41-44,47-48H,3-8,11,14,17,20-25,27-29,31-40H2,1-2H3,(H,51,52)/b10-9-,13-12-,16-15-,19-18-,30-26-/t41-,42+,43?,44?/m0/s1. The first-order chi connectivity index (χ1) is 28.2. The summed E-state index contributed by atoms with van der Waals surface area (Å²) in [6.45, 7) is 2.25. The summed E-state index contributed by atoms with van der Waals surface area (Å²) in [7, 11) is -4.64. The molecule has 0 saturated carbocycles. The normalized spacial score (nSPS) is 17.9. The van der Waals surface area contributed by atoms with Crippen LogP contribution in [0.15, 0.2) is 60.8 Å². The third-order valence-electron chi connectivity index (χ3n) is 9.57. The minimum atomic E-state index is -4.64. The van der Waals surface area contributed by atoms with Crippen LogP contribution in [0.25, 0.3) is 0 Å². The zero-order valence-corrected chi connectivity index (χ0v) is 36.8. The lowest BCUT2D eigenvalue weighted by Gasteiger charge is -2.20. The first-order valence-corrected chi connectivity index (χ1v) is 23.9. The molecule has 0 aromatic carbocycles. The molecule has 1 rings (SSSR count). The van der Waals surface area contributed by atoms with Gasteiger partial charge >= 0.3 is 19.8 Å². The van der Waals surface area contributed by atoms with E-state index in [1.807, 2.05) is 0 Å². The molecule has 0 spiro atoms. The third kappa shape index (κ3) is 34.5. The van der Waals surface area contributed by atoms with Crippen LogP contribution in [0.5, 0.6) is 0 Å². The maximum atomic E-state index is 12.6. The lowest BCUT2D eigenvalue weighted by molar-refractivity contribution is -0.161. The number of phosphoric ester groups is 1. The van der Waals surface area contributed by atoms with Crippen molar-refractivity contribution in [3.63, 3.8) is 0 Å². The molecular formula is C46H79O11P. The summed E-state index contributed by atoms with van der Waals surface area (Å²) in [5.74, 6) is -0.986. The molecule has 0 aliphatic carbocycles. The fraction of sp³-hybridized carbons (Fsp3) is 0.739. The summed E-state index contributed by atoms with van der Waals surface area (Å²) in [6, 6.07) is 0. The fourth-order valence-corrected chi connectivity index (χ4v) is 6.77. The summed E-state index contributed by atoms with van der Waals surface area (Å²) in [5, 5.41) is 18.3. The molecule has 0 amide bonds. The van der Waals surface area contributed by atoms with Gasteiger partial charge < -0.3 is 29.3 Å². The topological polar surface area (TPSA) is 161 Å². The van der Waals surface area contributed by atoms with Crippen molar-refractivity contribution in [3.8, 4) is 0 Å². The number of carbonyl (C=O) groups is 2. The number of phosphoric acid groups is 1. The van der Waals surface area contributed by atoms with E-state index >= 15 is 0 Å². The summed E-state index contributed by atoms with van der Waals surface area (Å²) < 4.78 is 38.4. The monoisotopic (exact) mass is 839 g/mol. The van der Waals surface area contributed by atoms with Gasteiger partial charge in [-0.25, -0.2) is 4.57 Å². The van der Waals surface area contributed by atoms with E-state index in [4.69, 9.17) is 23.8 Å². The molecule has 5 atom stereocenters. The van der Waals surface area contributed by atoms with E-state index < -0.39 is 51.8 Å². The summed E-state index contributed by atoms with van der Waals surface area (Å²) in [6.07, 6.45) is 43.5. The van der Waals surface area contributed by atoms with E-state index in [0.29, 0.717) is 25.0 Å². The smallest absolute Gasteiger partial charge is 0.462 e. The molecule has 0 radical (unpaired) electrons. The minimum absolute atomic E-state index is 0.153. The Morgan fingerprint density at radius 2 is 1.12 bits per heavy atom. The second kappa shape index (κ2) is 37.6. The van der Waals surface area contributed by atoms with Crippen molar-refractivity contribution in [2.24, 2.45) is 0 Å². The van der Waals surface area contributed by atoms with Crippen LogP contribution in [-0.4, -0.2) is 77.9 Å². The molecule has 3 unspecified atom stereocenters. The van der Waals surface area contributed by atoms with Gasteiger partial charge in [0.15, 0.2) is 6.10 Å². The Bertz CT molecular complexity index is 1210. The number of aliphatic hydroxyl groups is 2. The molecule has 1 saturated heterocycles. The molecule has 58 heavy (non-hydrogen) atoms. The zero-order chi connectivity index (χ0) is 42.4. The van der Waals surface area contributed by atoms with Crippen LogP contribution in [0.4, 0.5) is 0 Å². The third-order valence-corrected chi connectivity index (χ3v) is 10.5. The Hall–Kier alpha value is -2.37. The summed E-state index contributed by atoms with van der Waals surface area (Å²) in [5.41, 5.74) is 0. The van der Waals surface area contributed by atoms with Gasteiger partial charge in [0.2, 0.25) is 0 Å². The number of unbranched alkanes of at least 4 members (excludes halogenated alkanes) is 13. The van der Waals surface area contributed by atoms with Gasteiger partial charge in [-0.15, -0.1) is 0 Å². The van der Waals surface area contributed by atoms with Crippen molar-refractivity contribution in [3.05, 3.63) is 60.8 Å². The second-order valence-electron chi connectivity index (χ2n) is 15.1. The van der Waals surface area contributed by atoms with Crippen LogP contribution in [-0.2, 0) is 37.4 Å². The predicted octanol–water partition coefficient (Wildman–Crippen LogP) is 10.9. The highest BCUT2D eigenvalue weighted by Gasteiger charge is 2.36. The van der Waals surface area contributed by atoms with Crippen molar-refractivity contribution in [1.29, 1.82) is 0 Å². The summed E-state index contributed by atoms with van der Waals surface area (Å²) >= 11 is 0. The Morgan fingerprint density at radius 1 is 0.621 bits per heavy atom. The SMILES string of the molecule is CCCCC/C=C\C/C=C\C/C=C\C/C=C\CCCCCC(=O)OC[C@H](COP(=O)(O)OC[C@@H](O)CO)OC(=O)CCCCCCC/C=C\CC1OC1CCCCC. The predicted molar refractivity (Wildman–Crippen MR) is 232 cm³/mol. The maximum absolute atomic E-state index is 12.6. The molecule has 3 N–H and O–H groups in total. The molecule has 0 aromatic heterocycles. The molecule has 1 aliphatic heterocycles. The van der Waals surface area contributed by atoms with E-state index in [1.54, 1.807) is 0 Å². The van der Waals surface area contributed by atoms with Gasteiger partial charge in [-0.2, -0.15) is 0 Å². The Kier molecular flexibility index (Phi) is 34.8. The largest absolute Gasteiger partial charge is 0.472 e.